The van der Waals surface area contributed by atoms with Crippen LogP contribution in [0.1, 0.15) is 41.6 Å². The Morgan fingerprint density at radius 1 is 1.13 bits per heavy atom. The quantitative estimate of drug-likeness (QED) is 0.613. The van der Waals surface area contributed by atoms with Gasteiger partial charge in [0.15, 0.2) is 11.5 Å². The van der Waals surface area contributed by atoms with Crippen molar-refractivity contribution in [3.05, 3.63) is 64.5 Å². The monoisotopic (exact) mass is 423 g/mol. The number of carbonyl (C=O) groups excluding carboxylic acids is 1. The number of oxazole rings is 1. The number of hydrogen-bond donors (Lipinski definition) is 0. The van der Waals surface area contributed by atoms with E-state index in [9.17, 15) is 4.79 Å². The molecule has 156 valence electrons. The fourth-order valence-electron chi connectivity index (χ4n) is 4.88. The smallest absolute Gasteiger partial charge is 0.253 e. The molecule has 1 spiro atoms. The summed E-state index contributed by atoms with van der Waals surface area (Å²) in [6.45, 7) is 7.28. The Morgan fingerprint density at radius 2 is 1.93 bits per heavy atom. The van der Waals surface area contributed by atoms with Crippen LogP contribution in [0.5, 0.6) is 0 Å². The lowest BCUT2D eigenvalue weighted by Gasteiger charge is -2.24. The van der Waals surface area contributed by atoms with Crippen LogP contribution in [0, 0.1) is 5.41 Å². The predicted octanol–water partition coefficient (Wildman–Crippen LogP) is 4.63. The number of benzene rings is 2. The van der Waals surface area contributed by atoms with Crippen molar-refractivity contribution in [3.63, 3.8) is 0 Å². The minimum Gasteiger partial charge on any atom is -0.440 e. The molecule has 0 N–H and O–H groups in total. The first-order chi connectivity index (χ1) is 14.5. The van der Waals surface area contributed by atoms with E-state index in [0.29, 0.717) is 28.5 Å². The van der Waals surface area contributed by atoms with Crippen molar-refractivity contribution in [2.75, 3.05) is 32.7 Å². The first-order valence-corrected chi connectivity index (χ1v) is 11.1. The molecule has 2 aliphatic rings. The van der Waals surface area contributed by atoms with Crippen molar-refractivity contribution < 1.29 is 9.21 Å². The largest absolute Gasteiger partial charge is 0.440 e. The van der Waals surface area contributed by atoms with Crippen LogP contribution in [0.3, 0.4) is 0 Å². The zero-order chi connectivity index (χ0) is 20.7. The van der Waals surface area contributed by atoms with Crippen LogP contribution in [0.4, 0.5) is 0 Å². The molecule has 2 aliphatic heterocycles. The normalized spacial score (nSPS) is 21.9. The highest BCUT2D eigenvalue weighted by atomic mass is 35.5. The van der Waals surface area contributed by atoms with Gasteiger partial charge >= 0.3 is 0 Å². The van der Waals surface area contributed by atoms with Gasteiger partial charge in [0.25, 0.3) is 5.91 Å². The van der Waals surface area contributed by atoms with Gasteiger partial charge in [-0.05, 0) is 61.8 Å². The standard InChI is InChI=1S/C24H26ClN3O2/c1-2-27-11-9-24(15-27)10-12-28(16-24)23(29)18-5-8-21-20(14-18)26-22(30-21)13-17-3-6-19(25)7-4-17/h3-8,14H,2,9-13,15-16H2,1H3/t24-/m0/s1. The summed E-state index contributed by atoms with van der Waals surface area (Å²) in [6.07, 6.45) is 2.89. The van der Waals surface area contributed by atoms with E-state index in [2.05, 4.69) is 16.8 Å². The molecule has 30 heavy (non-hydrogen) atoms. The topological polar surface area (TPSA) is 49.6 Å². The molecule has 5 nitrogen and oxygen atoms in total. The number of likely N-dealkylation sites (tertiary alicyclic amines) is 2. The zero-order valence-corrected chi connectivity index (χ0v) is 18.0. The summed E-state index contributed by atoms with van der Waals surface area (Å²) in [5, 5.41) is 0.711. The van der Waals surface area contributed by atoms with E-state index in [1.165, 1.54) is 6.42 Å². The van der Waals surface area contributed by atoms with Gasteiger partial charge in [-0.3, -0.25) is 4.79 Å². The fraction of sp³-hybridized carbons (Fsp3) is 0.417. The molecule has 1 aromatic heterocycles. The average Bonchev–Trinajstić information content (AvgIpc) is 3.47. The van der Waals surface area contributed by atoms with Gasteiger partial charge in [-0.25, -0.2) is 4.98 Å². The maximum absolute atomic E-state index is 13.2. The molecule has 0 aliphatic carbocycles. The van der Waals surface area contributed by atoms with E-state index in [4.69, 9.17) is 16.0 Å². The van der Waals surface area contributed by atoms with E-state index < -0.39 is 0 Å². The van der Waals surface area contributed by atoms with Crippen LogP contribution < -0.4 is 0 Å². The van der Waals surface area contributed by atoms with E-state index in [-0.39, 0.29) is 11.3 Å². The first-order valence-electron chi connectivity index (χ1n) is 10.7. The second-order valence-electron chi connectivity index (χ2n) is 8.69. The van der Waals surface area contributed by atoms with Crippen LogP contribution in [-0.4, -0.2) is 53.4 Å². The fourth-order valence-corrected chi connectivity index (χ4v) is 5.01. The second-order valence-corrected chi connectivity index (χ2v) is 9.13. The minimum absolute atomic E-state index is 0.103. The third-order valence-electron chi connectivity index (χ3n) is 6.64. The van der Waals surface area contributed by atoms with Gasteiger partial charge < -0.3 is 14.2 Å². The van der Waals surface area contributed by atoms with Crippen molar-refractivity contribution >= 4 is 28.6 Å². The summed E-state index contributed by atoms with van der Waals surface area (Å²) < 4.78 is 5.89. The van der Waals surface area contributed by atoms with E-state index in [1.54, 1.807) is 0 Å². The highest BCUT2D eigenvalue weighted by Crippen LogP contribution is 2.39. The van der Waals surface area contributed by atoms with Gasteiger partial charge in [0.1, 0.15) is 5.52 Å². The number of nitrogens with zero attached hydrogens (tertiary/aromatic N) is 3. The Labute approximate surface area is 181 Å². The summed E-state index contributed by atoms with van der Waals surface area (Å²) in [5.41, 5.74) is 3.51. The van der Waals surface area contributed by atoms with Crippen molar-refractivity contribution in [2.45, 2.75) is 26.2 Å². The van der Waals surface area contributed by atoms with Crippen LogP contribution in [0.15, 0.2) is 46.9 Å². The molecular weight excluding hydrogens is 398 g/mol. The molecule has 5 rings (SSSR count). The van der Waals surface area contributed by atoms with E-state index >= 15 is 0 Å². The lowest BCUT2D eigenvalue weighted by Crippen LogP contribution is -2.34. The number of carbonyl (C=O) groups is 1. The number of aromatic nitrogens is 1. The predicted molar refractivity (Wildman–Crippen MR) is 118 cm³/mol. The Morgan fingerprint density at radius 3 is 2.70 bits per heavy atom. The van der Waals surface area contributed by atoms with E-state index in [0.717, 1.165) is 50.2 Å². The molecule has 0 bridgehead atoms. The molecule has 3 heterocycles. The van der Waals surface area contributed by atoms with Crippen LogP contribution in [0.25, 0.3) is 11.1 Å². The molecule has 1 amide bonds. The molecular formula is C24H26ClN3O2. The molecule has 6 heteroatoms. The Bertz CT molecular complexity index is 1080. The number of halogens is 1. The van der Waals surface area contributed by atoms with Crippen molar-refractivity contribution in [2.24, 2.45) is 5.41 Å². The molecule has 2 saturated heterocycles. The number of rotatable bonds is 4. The third-order valence-corrected chi connectivity index (χ3v) is 6.89. The average molecular weight is 424 g/mol. The van der Waals surface area contributed by atoms with Gasteiger partial charge in [-0.2, -0.15) is 0 Å². The zero-order valence-electron chi connectivity index (χ0n) is 17.2. The van der Waals surface area contributed by atoms with Gasteiger partial charge in [-0.15, -0.1) is 0 Å². The SMILES string of the molecule is CCN1CC[C@]2(CCN(C(=O)c3ccc4oc(Cc5ccc(Cl)cc5)nc4c3)C2)C1. The molecule has 3 aromatic rings. The minimum atomic E-state index is 0.103. The lowest BCUT2D eigenvalue weighted by molar-refractivity contribution is 0.0773. The van der Waals surface area contributed by atoms with Crippen molar-refractivity contribution in [1.29, 1.82) is 0 Å². The van der Waals surface area contributed by atoms with Crippen molar-refractivity contribution in [1.82, 2.24) is 14.8 Å². The summed E-state index contributed by atoms with van der Waals surface area (Å²) in [4.78, 5) is 22.3. The second kappa shape index (κ2) is 7.71. The molecule has 2 fully saturated rings. The molecule has 0 saturated carbocycles. The maximum atomic E-state index is 13.2. The molecule has 1 atom stereocenters. The summed E-state index contributed by atoms with van der Waals surface area (Å²) in [7, 11) is 0. The molecule has 0 unspecified atom stereocenters. The highest BCUT2D eigenvalue weighted by Gasteiger charge is 2.44. The van der Waals surface area contributed by atoms with Gasteiger partial charge in [-0.1, -0.05) is 30.7 Å². The number of hydrogen-bond acceptors (Lipinski definition) is 4. The lowest BCUT2D eigenvalue weighted by atomic mass is 9.86. The molecule has 2 aromatic carbocycles. The van der Waals surface area contributed by atoms with Crippen LogP contribution in [0.2, 0.25) is 5.02 Å². The van der Waals surface area contributed by atoms with Crippen molar-refractivity contribution in [3.8, 4) is 0 Å². The summed E-state index contributed by atoms with van der Waals surface area (Å²) in [6, 6.07) is 13.3. The Hall–Kier alpha value is -2.37. The van der Waals surface area contributed by atoms with Gasteiger partial charge in [0.2, 0.25) is 0 Å². The Balaban J connectivity index is 1.31. The first kappa shape index (κ1) is 19.6. The maximum Gasteiger partial charge on any atom is 0.253 e. The number of amides is 1. The molecule has 0 radical (unpaired) electrons. The highest BCUT2D eigenvalue weighted by molar-refractivity contribution is 6.30. The summed E-state index contributed by atoms with van der Waals surface area (Å²) in [5.74, 6) is 0.744. The number of fused-ring (bicyclic) bond motifs is 1. The summed E-state index contributed by atoms with van der Waals surface area (Å²) >= 11 is 5.96. The van der Waals surface area contributed by atoms with Gasteiger partial charge in [0, 0.05) is 42.1 Å². The van der Waals surface area contributed by atoms with Crippen LogP contribution >= 0.6 is 11.6 Å². The van der Waals surface area contributed by atoms with E-state index in [1.807, 2.05) is 47.4 Å². The van der Waals surface area contributed by atoms with Crippen LogP contribution in [-0.2, 0) is 6.42 Å². The third kappa shape index (κ3) is 3.72. The van der Waals surface area contributed by atoms with Gasteiger partial charge in [0.05, 0.1) is 0 Å². The Kier molecular flexibility index (Phi) is 5.03.